The lowest BCUT2D eigenvalue weighted by atomic mass is 10.0. The van der Waals surface area contributed by atoms with Crippen LogP contribution in [0.4, 0.5) is 0 Å². The number of nitrogens with two attached hydrogens (primary N) is 1. The van der Waals surface area contributed by atoms with Crippen LogP contribution in [0.2, 0.25) is 0 Å². The molecule has 0 fully saturated rings. The van der Waals surface area contributed by atoms with Crippen LogP contribution in [0, 0.1) is 0 Å². The second-order valence-electron chi connectivity index (χ2n) is 3.06. The summed E-state index contributed by atoms with van der Waals surface area (Å²) in [5, 5.41) is 4.14. The number of benzene rings is 1. The first kappa shape index (κ1) is 9.90. The fraction of sp³-hybridized carbons (Fsp3) is 0.0909. The average Bonchev–Trinajstić information content (AvgIpc) is 2.70. The Morgan fingerprint density at radius 1 is 1.21 bits per heavy atom. The molecule has 0 aliphatic carbocycles. The van der Waals surface area contributed by atoms with Gasteiger partial charge >= 0.3 is 0 Å². The zero-order valence-corrected chi connectivity index (χ0v) is 9.88. The SMILES string of the molecule is N[C@@H](c1ccsc1)c1ccccc1Br. The van der Waals surface area contributed by atoms with Crippen LogP contribution < -0.4 is 5.73 Å². The van der Waals surface area contributed by atoms with E-state index in [-0.39, 0.29) is 6.04 Å². The molecule has 72 valence electrons. The maximum absolute atomic E-state index is 6.14. The molecule has 0 bridgehead atoms. The standard InChI is InChI=1S/C11H10BrNS/c12-10-4-2-1-3-9(10)11(13)8-5-6-14-7-8/h1-7,11H,13H2/t11-/m0/s1. The maximum Gasteiger partial charge on any atom is 0.0571 e. The summed E-state index contributed by atoms with van der Waals surface area (Å²) in [7, 11) is 0. The van der Waals surface area contributed by atoms with Crippen molar-refractivity contribution in [2.75, 3.05) is 0 Å². The molecule has 1 aromatic carbocycles. The Morgan fingerprint density at radius 2 is 2.00 bits per heavy atom. The molecule has 2 aromatic rings. The van der Waals surface area contributed by atoms with E-state index in [0.29, 0.717) is 0 Å². The quantitative estimate of drug-likeness (QED) is 0.885. The van der Waals surface area contributed by atoms with Gasteiger partial charge in [0.15, 0.2) is 0 Å². The third kappa shape index (κ3) is 1.90. The molecule has 1 aromatic heterocycles. The van der Waals surface area contributed by atoms with Crippen molar-refractivity contribution in [2.24, 2.45) is 5.73 Å². The topological polar surface area (TPSA) is 26.0 Å². The van der Waals surface area contributed by atoms with Gasteiger partial charge in [-0.25, -0.2) is 0 Å². The molecule has 1 nitrogen and oxygen atoms in total. The van der Waals surface area contributed by atoms with E-state index in [0.717, 1.165) is 10.0 Å². The number of thiophene rings is 1. The van der Waals surface area contributed by atoms with Gasteiger partial charge in [-0.15, -0.1) is 0 Å². The second-order valence-corrected chi connectivity index (χ2v) is 4.69. The minimum atomic E-state index is -0.0307. The first-order valence-electron chi connectivity index (χ1n) is 4.31. The summed E-state index contributed by atoms with van der Waals surface area (Å²) in [6, 6.07) is 10.1. The van der Waals surface area contributed by atoms with Crippen molar-refractivity contribution < 1.29 is 0 Å². The van der Waals surface area contributed by atoms with E-state index in [4.69, 9.17) is 5.73 Å². The molecule has 2 N–H and O–H groups in total. The maximum atomic E-state index is 6.14. The van der Waals surface area contributed by atoms with E-state index in [2.05, 4.69) is 27.4 Å². The van der Waals surface area contributed by atoms with Crippen LogP contribution in [0.3, 0.4) is 0 Å². The van der Waals surface area contributed by atoms with Gasteiger partial charge in [0.2, 0.25) is 0 Å². The van der Waals surface area contributed by atoms with E-state index in [1.165, 1.54) is 5.56 Å². The Bertz CT molecular complexity index is 411. The minimum Gasteiger partial charge on any atom is -0.320 e. The highest BCUT2D eigenvalue weighted by Crippen LogP contribution is 2.27. The Hall–Kier alpha value is -0.640. The predicted octanol–water partition coefficient (Wildman–Crippen LogP) is 3.56. The molecular formula is C11H10BrNS. The van der Waals surface area contributed by atoms with Gasteiger partial charge in [-0.1, -0.05) is 34.1 Å². The summed E-state index contributed by atoms with van der Waals surface area (Å²) in [4.78, 5) is 0. The van der Waals surface area contributed by atoms with Crippen LogP contribution in [-0.4, -0.2) is 0 Å². The predicted molar refractivity (Wildman–Crippen MR) is 64.5 cm³/mol. The van der Waals surface area contributed by atoms with E-state index in [1.54, 1.807) is 11.3 Å². The van der Waals surface area contributed by atoms with E-state index < -0.39 is 0 Å². The normalized spacial score (nSPS) is 12.7. The van der Waals surface area contributed by atoms with Gasteiger partial charge in [0, 0.05) is 4.47 Å². The highest BCUT2D eigenvalue weighted by Gasteiger charge is 2.11. The molecule has 1 atom stereocenters. The summed E-state index contributed by atoms with van der Waals surface area (Å²) in [6.07, 6.45) is 0. The number of hydrogen-bond acceptors (Lipinski definition) is 2. The molecule has 0 amide bonds. The summed E-state index contributed by atoms with van der Waals surface area (Å²) >= 11 is 5.18. The van der Waals surface area contributed by atoms with Crippen molar-refractivity contribution in [1.29, 1.82) is 0 Å². The molecule has 0 aliphatic heterocycles. The van der Waals surface area contributed by atoms with Gasteiger partial charge in [0.05, 0.1) is 6.04 Å². The van der Waals surface area contributed by atoms with Crippen molar-refractivity contribution in [3.8, 4) is 0 Å². The molecule has 3 heteroatoms. The second kappa shape index (κ2) is 4.26. The van der Waals surface area contributed by atoms with Gasteiger partial charge in [-0.3, -0.25) is 0 Å². The molecule has 0 spiro atoms. The van der Waals surface area contributed by atoms with E-state index in [1.807, 2.05) is 29.6 Å². The van der Waals surface area contributed by atoms with Crippen LogP contribution in [0.15, 0.2) is 45.6 Å². The first-order valence-corrected chi connectivity index (χ1v) is 6.04. The molecule has 0 unspecified atom stereocenters. The lowest BCUT2D eigenvalue weighted by Gasteiger charge is -2.11. The highest BCUT2D eigenvalue weighted by molar-refractivity contribution is 9.10. The third-order valence-corrected chi connectivity index (χ3v) is 3.57. The summed E-state index contributed by atoms with van der Waals surface area (Å²) in [5.74, 6) is 0. The Labute approximate surface area is 95.7 Å². The zero-order valence-electron chi connectivity index (χ0n) is 7.48. The molecule has 0 radical (unpaired) electrons. The summed E-state index contributed by atoms with van der Waals surface area (Å²) < 4.78 is 1.07. The molecule has 0 saturated carbocycles. The van der Waals surface area contributed by atoms with Gasteiger partial charge in [-0.2, -0.15) is 11.3 Å². The zero-order chi connectivity index (χ0) is 9.97. The third-order valence-electron chi connectivity index (χ3n) is 2.14. The monoisotopic (exact) mass is 267 g/mol. The molecule has 2 rings (SSSR count). The smallest absolute Gasteiger partial charge is 0.0571 e. The van der Waals surface area contributed by atoms with Crippen LogP contribution in [0.5, 0.6) is 0 Å². The fourth-order valence-electron chi connectivity index (χ4n) is 1.36. The van der Waals surface area contributed by atoms with E-state index >= 15 is 0 Å². The molecular weight excluding hydrogens is 258 g/mol. The highest BCUT2D eigenvalue weighted by atomic mass is 79.9. The Balaban J connectivity index is 2.37. The number of hydrogen-bond donors (Lipinski definition) is 1. The van der Waals surface area contributed by atoms with Crippen molar-refractivity contribution in [3.05, 3.63) is 56.7 Å². The fourth-order valence-corrected chi connectivity index (χ4v) is 2.59. The lowest BCUT2D eigenvalue weighted by Crippen LogP contribution is -2.11. The van der Waals surface area contributed by atoms with Crippen LogP contribution in [0.25, 0.3) is 0 Å². The largest absolute Gasteiger partial charge is 0.320 e. The molecule has 1 heterocycles. The van der Waals surface area contributed by atoms with Crippen molar-refractivity contribution in [2.45, 2.75) is 6.04 Å². The summed E-state index contributed by atoms with van der Waals surface area (Å²) in [6.45, 7) is 0. The molecule has 14 heavy (non-hydrogen) atoms. The van der Waals surface area contributed by atoms with Crippen molar-refractivity contribution in [3.63, 3.8) is 0 Å². The van der Waals surface area contributed by atoms with Gasteiger partial charge in [0.25, 0.3) is 0 Å². The minimum absolute atomic E-state index is 0.0307. The van der Waals surface area contributed by atoms with Crippen LogP contribution in [0.1, 0.15) is 17.2 Å². The first-order chi connectivity index (χ1) is 6.79. The molecule has 0 aliphatic rings. The number of rotatable bonds is 2. The van der Waals surface area contributed by atoms with Crippen LogP contribution in [-0.2, 0) is 0 Å². The summed E-state index contributed by atoms with van der Waals surface area (Å²) in [5.41, 5.74) is 8.44. The van der Waals surface area contributed by atoms with Gasteiger partial charge < -0.3 is 5.73 Å². The van der Waals surface area contributed by atoms with Gasteiger partial charge in [-0.05, 0) is 34.0 Å². The van der Waals surface area contributed by atoms with E-state index in [9.17, 15) is 0 Å². The van der Waals surface area contributed by atoms with Crippen molar-refractivity contribution >= 4 is 27.3 Å². The van der Waals surface area contributed by atoms with Crippen molar-refractivity contribution in [1.82, 2.24) is 0 Å². The number of halogens is 1. The van der Waals surface area contributed by atoms with Gasteiger partial charge in [0.1, 0.15) is 0 Å². The molecule has 0 saturated heterocycles. The lowest BCUT2D eigenvalue weighted by molar-refractivity contribution is 0.871. The average molecular weight is 268 g/mol. The Kier molecular flexibility index (Phi) is 3.01. The van der Waals surface area contributed by atoms with Crippen LogP contribution >= 0.6 is 27.3 Å². The Morgan fingerprint density at radius 3 is 2.64 bits per heavy atom.